The summed E-state index contributed by atoms with van der Waals surface area (Å²) in [6, 6.07) is 5.46. The number of allylic oxidation sites excluding steroid dienone is 1. The molecule has 1 aromatic rings. The van der Waals surface area contributed by atoms with Crippen LogP contribution < -0.4 is 0 Å². The van der Waals surface area contributed by atoms with Gasteiger partial charge in [0.1, 0.15) is 11.9 Å². The number of ether oxygens (including phenoxy) is 1. The van der Waals surface area contributed by atoms with Crippen LogP contribution in [0.25, 0.3) is 0 Å². The average molecular weight is 371 g/mol. The molecule has 0 radical (unpaired) electrons. The standard InChI is InChI=1S/C21H25NO5/c1-14-5-4-7-18-16(13-19(14)23)6-2-3-8-20(18)27-21(24)15-9-11-17(12-10-15)22(25)26/h7,9-12,14,16,20H,2-6,8,13H2,1H3/b18-7+/t14-,16-,20+/m1/s1. The average Bonchev–Trinajstić information content (AvgIpc) is 2.82. The van der Waals surface area contributed by atoms with Crippen molar-refractivity contribution in [1.29, 1.82) is 0 Å². The van der Waals surface area contributed by atoms with E-state index in [9.17, 15) is 19.7 Å². The van der Waals surface area contributed by atoms with Gasteiger partial charge >= 0.3 is 5.97 Å². The van der Waals surface area contributed by atoms with Crippen LogP contribution in [0.15, 0.2) is 35.9 Å². The number of rotatable bonds is 3. The summed E-state index contributed by atoms with van der Waals surface area (Å²) in [5.41, 5.74) is 1.33. The molecule has 0 heterocycles. The van der Waals surface area contributed by atoms with E-state index in [1.54, 1.807) is 0 Å². The van der Waals surface area contributed by atoms with Crippen molar-refractivity contribution in [1.82, 2.24) is 0 Å². The molecule has 6 nitrogen and oxygen atoms in total. The first-order chi connectivity index (χ1) is 13.0. The van der Waals surface area contributed by atoms with Crippen molar-refractivity contribution in [3.05, 3.63) is 51.6 Å². The quantitative estimate of drug-likeness (QED) is 0.335. The number of fused-ring (bicyclic) bond motifs is 1. The van der Waals surface area contributed by atoms with Gasteiger partial charge < -0.3 is 4.74 Å². The third-order valence-corrected chi connectivity index (χ3v) is 5.65. The Morgan fingerprint density at radius 1 is 1.15 bits per heavy atom. The summed E-state index contributed by atoms with van der Waals surface area (Å²) < 4.78 is 5.80. The highest BCUT2D eigenvalue weighted by molar-refractivity contribution is 5.90. The zero-order chi connectivity index (χ0) is 19.4. The summed E-state index contributed by atoms with van der Waals surface area (Å²) >= 11 is 0. The Kier molecular flexibility index (Phi) is 6.04. The van der Waals surface area contributed by atoms with Gasteiger partial charge in [0.15, 0.2) is 0 Å². The summed E-state index contributed by atoms with van der Waals surface area (Å²) in [7, 11) is 0. The number of non-ortho nitro benzene ring substituents is 1. The lowest BCUT2D eigenvalue weighted by molar-refractivity contribution is -0.384. The number of hydrogen-bond acceptors (Lipinski definition) is 5. The van der Waals surface area contributed by atoms with Gasteiger partial charge in [0, 0.05) is 24.5 Å². The molecule has 0 spiro atoms. The number of hydrogen-bond donors (Lipinski definition) is 0. The molecule has 27 heavy (non-hydrogen) atoms. The number of esters is 1. The molecular formula is C21H25NO5. The molecule has 0 N–H and O–H groups in total. The number of benzene rings is 1. The first-order valence-electron chi connectivity index (χ1n) is 9.64. The first kappa shape index (κ1) is 19.3. The van der Waals surface area contributed by atoms with Gasteiger partial charge in [-0.25, -0.2) is 4.79 Å². The van der Waals surface area contributed by atoms with E-state index in [1.807, 2.05) is 6.92 Å². The van der Waals surface area contributed by atoms with Crippen molar-refractivity contribution >= 4 is 17.4 Å². The molecule has 0 saturated heterocycles. The predicted molar refractivity (Wildman–Crippen MR) is 100 cm³/mol. The SMILES string of the molecule is C[C@@H]1CC/C=C2\[C@H](CCCC[C@@H]2OC(=O)c2ccc([N+](=O)[O-])cc2)CC1=O. The van der Waals surface area contributed by atoms with E-state index < -0.39 is 10.9 Å². The first-order valence-corrected chi connectivity index (χ1v) is 9.64. The van der Waals surface area contributed by atoms with Crippen LogP contribution in [0.3, 0.4) is 0 Å². The molecule has 0 amide bonds. The third-order valence-electron chi connectivity index (χ3n) is 5.65. The zero-order valence-corrected chi connectivity index (χ0v) is 15.6. The summed E-state index contributed by atoms with van der Waals surface area (Å²) in [6.07, 6.45) is 7.72. The maximum absolute atomic E-state index is 12.6. The van der Waals surface area contributed by atoms with E-state index in [2.05, 4.69) is 6.08 Å². The third kappa shape index (κ3) is 4.62. The van der Waals surface area contributed by atoms with Crippen LogP contribution in [-0.2, 0) is 9.53 Å². The van der Waals surface area contributed by atoms with Crippen molar-refractivity contribution in [2.24, 2.45) is 11.8 Å². The fourth-order valence-electron chi connectivity index (χ4n) is 3.98. The fourth-order valence-corrected chi connectivity index (χ4v) is 3.98. The highest BCUT2D eigenvalue weighted by Gasteiger charge is 2.32. The molecule has 3 atom stereocenters. The number of nitro groups is 1. The summed E-state index contributed by atoms with van der Waals surface area (Å²) in [4.78, 5) is 35.2. The Balaban J connectivity index is 1.77. The molecule has 1 aromatic carbocycles. The Labute approximate surface area is 158 Å². The predicted octanol–water partition coefficient (Wildman–Crippen LogP) is 4.63. The van der Waals surface area contributed by atoms with Gasteiger partial charge in [-0.05, 0) is 55.7 Å². The highest BCUT2D eigenvalue weighted by atomic mass is 16.6. The van der Waals surface area contributed by atoms with Crippen LogP contribution >= 0.6 is 0 Å². The Morgan fingerprint density at radius 3 is 2.56 bits per heavy atom. The van der Waals surface area contributed by atoms with E-state index >= 15 is 0 Å². The molecule has 6 heteroatoms. The van der Waals surface area contributed by atoms with Crippen molar-refractivity contribution in [2.75, 3.05) is 0 Å². The number of nitrogens with zero attached hydrogens (tertiary/aromatic N) is 1. The number of ketones is 1. The lowest BCUT2D eigenvalue weighted by Crippen LogP contribution is -2.27. The second kappa shape index (κ2) is 8.46. The van der Waals surface area contributed by atoms with E-state index in [1.165, 1.54) is 24.3 Å². The maximum atomic E-state index is 12.6. The molecule has 2 aliphatic carbocycles. The minimum atomic E-state index is -0.498. The van der Waals surface area contributed by atoms with E-state index in [0.717, 1.165) is 44.1 Å². The Morgan fingerprint density at radius 2 is 1.85 bits per heavy atom. The molecule has 0 aliphatic heterocycles. The molecule has 1 saturated carbocycles. The summed E-state index contributed by atoms with van der Waals surface area (Å²) in [6.45, 7) is 1.99. The van der Waals surface area contributed by atoms with E-state index in [4.69, 9.17) is 4.74 Å². The zero-order valence-electron chi connectivity index (χ0n) is 15.6. The molecule has 0 bridgehead atoms. The summed E-state index contributed by atoms with van der Waals surface area (Å²) in [5, 5.41) is 10.8. The van der Waals surface area contributed by atoms with Crippen molar-refractivity contribution in [2.45, 2.75) is 58.0 Å². The maximum Gasteiger partial charge on any atom is 0.338 e. The number of Topliss-reactive ketones (excluding diaryl/α,β-unsaturated/α-hetero) is 1. The second-order valence-electron chi connectivity index (χ2n) is 7.53. The van der Waals surface area contributed by atoms with Crippen molar-refractivity contribution < 1.29 is 19.2 Å². The van der Waals surface area contributed by atoms with Gasteiger partial charge in [-0.1, -0.05) is 19.4 Å². The normalized spacial score (nSPS) is 28.0. The molecule has 0 aromatic heterocycles. The van der Waals surface area contributed by atoms with Crippen LogP contribution in [0.1, 0.15) is 62.2 Å². The molecular weight excluding hydrogens is 346 g/mol. The van der Waals surface area contributed by atoms with Crippen LogP contribution in [0.4, 0.5) is 5.69 Å². The lowest BCUT2D eigenvalue weighted by Gasteiger charge is -2.27. The van der Waals surface area contributed by atoms with Crippen LogP contribution in [0.5, 0.6) is 0 Å². The molecule has 3 rings (SSSR count). The fraction of sp³-hybridized carbons (Fsp3) is 0.524. The van der Waals surface area contributed by atoms with Gasteiger partial charge in [0.25, 0.3) is 5.69 Å². The van der Waals surface area contributed by atoms with Gasteiger partial charge in [0.2, 0.25) is 0 Å². The summed E-state index contributed by atoms with van der Waals surface area (Å²) in [5.74, 6) is 0.0655. The van der Waals surface area contributed by atoms with Crippen LogP contribution in [-0.4, -0.2) is 22.8 Å². The second-order valence-corrected chi connectivity index (χ2v) is 7.53. The van der Waals surface area contributed by atoms with Gasteiger partial charge in [-0.15, -0.1) is 0 Å². The largest absolute Gasteiger partial charge is 0.454 e. The monoisotopic (exact) mass is 371 g/mol. The molecule has 2 aliphatic rings. The molecule has 1 fully saturated rings. The number of carbonyl (C=O) groups is 2. The highest BCUT2D eigenvalue weighted by Crippen LogP contribution is 2.36. The van der Waals surface area contributed by atoms with Gasteiger partial charge in [-0.3, -0.25) is 14.9 Å². The number of carbonyl (C=O) groups excluding carboxylic acids is 2. The molecule has 144 valence electrons. The van der Waals surface area contributed by atoms with E-state index in [-0.39, 0.29) is 23.6 Å². The van der Waals surface area contributed by atoms with Gasteiger partial charge in [0.05, 0.1) is 10.5 Å². The van der Waals surface area contributed by atoms with Crippen molar-refractivity contribution in [3.8, 4) is 0 Å². The molecule has 0 unspecified atom stereocenters. The minimum absolute atomic E-state index is 0.0589. The van der Waals surface area contributed by atoms with Crippen molar-refractivity contribution in [3.63, 3.8) is 0 Å². The Bertz CT molecular complexity index is 752. The smallest absolute Gasteiger partial charge is 0.338 e. The lowest BCUT2D eigenvalue weighted by atomic mass is 9.81. The topological polar surface area (TPSA) is 86.5 Å². The van der Waals surface area contributed by atoms with Gasteiger partial charge in [-0.2, -0.15) is 0 Å². The van der Waals surface area contributed by atoms with Crippen LogP contribution in [0, 0.1) is 22.0 Å². The Hall–Kier alpha value is -2.50. The number of nitro benzene ring substituents is 1. The van der Waals surface area contributed by atoms with E-state index in [0.29, 0.717) is 17.8 Å². The minimum Gasteiger partial charge on any atom is -0.454 e. The van der Waals surface area contributed by atoms with Crippen LogP contribution in [0.2, 0.25) is 0 Å².